The van der Waals surface area contributed by atoms with E-state index >= 15 is 0 Å². The van der Waals surface area contributed by atoms with E-state index in [1.807, 2.05) is 0 Å². The molecule has 16 rings (SSSR count). The molecule has 0 atom stereocenters. The van der Waals surface area contributed by atoms with Gasteiger partial charge in [0.25, 0.3) is 0 Å². The molecule has 4 nitrogen and oxygen atoms in total. The maximum absolute atomic E-state index is 5.54. The first-order chi connectivity index (χ1) is 36.7. The van der Waals surface area contributed by atoms with Gasteiger partial charge in [0.1, 0.15) is 0 Å². The van der Waals surface area contributed by atoms with Crippen molar-refractivity contribution in [2.24, 2.45) is 0 Å². The van der Waals surface area contributed by atoms with Crippen molar-refractivity contribution in [3.8, 4) is 45.0 Å². The SMILES string of the molecule is c1cc(-c2ccc3c4cccc(-c5ccc6c7ccccc7n(-c7ccccc7-c7ccc8c9ccccc9c9ccccc9c8n7)c6c5)c4c4ccccc4c3n2)cc(-n2c3ccccc3c3ccccc32)c1. The van der Waals surface area contributed by atoms with Gasteiger partial charge in [-0.25, -0.2) is 9.97 Å². The zero-order valence-corrected chi connectivity index (χ0v) is 40.0. The Bertz CT molecular complexity index is 4920. The highest BCUT2D eigenvalue weighted by Crippen LogP contribution is 2.44. The summed E-state index contributed by atoms with van der Waals surface area (Å²) in [6, 6.07) is 92.7. The third kappa shape index (κ3) is 5.91. The summed E-state index contributed by atoms with van der Waals surface area (Å²) in [7, 11) is 0. The van der Waals surface area contributed by atoms with Crippen LogP contribution in [0, 0.1) is 0 Å². The summed E-state index contributed by atoms with van der Waals surface area (Å²) in [6.07, 6.45) is 0. The number of aromatic nitrogens is 4. The van der Waals surface area contributed by atoms with Crippen LogP contribution in [0.15, 0.2) is 255 Å². The van der Waals surface area contributed by atoms with Crippen molar-refractivity contribution in [2.45, 2.75) is 0 Å². The van der Waals surface area contributed by atoms with Gasteiger partial charge in [-0.05, 0) is 110 Å². The lowest BCUT2D eigenvalue weighted by Gasteiger charge is -2.16. The Morgan fingerprint density at radius 3 is 1.35 bits per heavy atom. The average Bonchev–Trinajstić information content (AvgIpc) is 4.00. The van der Waals surface area contributed by atoms with Crippen molar-refractivity contribution in [1.29, 1.82) is 0 Å². The summed E-state index contributed by atoms with van der Waals surface area (Å²) >= 11 is 0. The maximum Gasteiger partial charge on any atom is 0.0794 e. The fraction of sp³-hybridized carbons (Fsp3) is 0. The van der Waals surface area contributed by atoms with E-state index in [1.165, 1.54) is 70.5 Å². The van der Waals surface area contributed by atoms with Gasteiger partial charge in [-0.3, -0.25) is 0 Å². The van der Waals surface area contributed by atoms with E-state index in [0.29, 0.717) is 0 Å². The number of pyridine rings is 2. The molecular weight excluding hydrogens is 897 g/mol. The van der Waals surface area contributed by atoms with Crippen LogP contribution in [0.4, 0.5) is 0 Å². The van der Waals surface area contributed by atoms with Gasteiger partial charge in [0, 0.05) is 59.9 Å². The molecule has 0 bridgehead atoms. The van der Waals surface area contributed by atoms with Gasteiger partial charge >= 0.3 is 0 Å². The summed E-state index contributed by atoms with van der Waals surface area (Å²) in [5, 5.41) is 16.8. The van der Waals surface area contributed by atoms with Crippen LogP contribution in [0.1, 0.15) is 0 Å². The van der Waals surface area contributed by atoms with Gasteiger partial charge in [-0.1, -0.05) is 188 Å². The first-order valence-corrected chi connectivity index (χ1v) is 25.4. The highest BCUT2D eigenvalue weighted by atomic mass is 15.0. The van der Waals surface area contributed by atoms with Crippen LogP contribution in [0.2, 0.25) is 0 Å². The van der Waals surface area contributed by atoms with Crippen molar-refractivity contribution >= 4 is 109 Å². The number of nitrogens with zero attached hydrogens (tertiary/aromatic N) is 4. The quantitative estimate of drug-likeness (QED) is 0.161. The molecule has 0 aliphatic rings. The Balaban J connectivity index is 0.865. The first kappa shape index (κ1) is 40.8. The molecule has 0 aliphatic heterocycles. The number of para-hydroxylation sites is 4. The smallest absolute Gasteiger partial charge is 0.0794 e. The second-order valence-corrected chi connectivity index (χ2v) is 19.6. The lowest BCUT2D eigenvalue weighted by Crippen LogP contribution is -1.98. The normalized spacial score (nSPS) is 12.1. The van der Waals surface area contributed by atoms with Crippen LogP contribution in [-0.4, -0.2) is 19.1 Å². The van der Waals surface area contributed by atoms with Crippen molar-refractivity contribution < 1.29 is 0 Å². The molecule has 4 heteroatoms. The fourth-order valence-corrected chi connectivity index (χ4v) is 12.5. The molecule has 4 aromatic heterocycles. The van der Waals surface area contributed by atoms with E-state index in [2.05, 4.69) is 264 Å². The van der Waals surface area contributed by atoms with Crippen molar-refractivity contribution in [1.82, 2.24) is 19.1 Å². The minimum atomic E-state index is 0.940. The van der Waals surface area contributed by atoms with E-state index in [4.69, 9.17) is 9.97 Å². The van der Waals surface area contributed by atoms with Gasteiger partial charge in [-0.15, -0.1) is 0 Å². The molecular formula is C70H42N4. The number of hydrogen-bond donors (Lipinski definition) is 0. The Morgan fingerprint density at radius 2 is 0.676 bits per heavy atom. The lowest BCUT2D eigenvalue weighted by atomic mass is 9.90. The standard InChI is InChI=1S/C70H42N4/c1-2-21-49-47(19-1)48-20-3-5-26-56(48)69-58(49)38-40-62(72-69)60-28-10-14-34-66(60)74-65-33-13-9-24-52(65)53-36-35-43(42-67(53)74)46-29-16-30-55-59-37-39-61(71-70(59)57-27-6-4-25-54(57)68(46)55)44-17-15-18-45(41-44)73-63-31-11-7-22-50(63)51-23-8-12-32-64(51)73/h1-42H. The molecule has 0 spiro atoms. The predicted octanol–water partition coefficient (Wildman–Crippen LogP) is 18.6. The number of fused-ring (bicyclic) bond motifs is 18. The Hall–Kier alpha value is -9.90. The van der Waals surface area contributed by atoms with Crippen molar-refractivity contribution in [3.05, 3.63) is 255 Å². The molecule has 16 aromatic rings. The molecule has 0 unspecified atom stereocenters. The summed E-state index contributed by atoms with van der Waals surface area (Å²) in [6.45, 7) is 0. The molecule has 0 saturated heterocycles. The second-order valence-electron chi connectivity index (χ2n) is 19.6. The summed E-state index contributed by atoms with van der Waals surface area (Å²) in [5.41, 5.74) is 15.3. The molecule has 4 heterocycles. The molecule has 0 aliphatic carbocycles. The molecule has 342 valence electrons. The second kappa shape index (κ2) is 15.8. The van der Waals surface area contributed by atoms with E-state index in [-0.39, 0.29) is 0 Å². The molecule has 12 aromatic carbocycles. The van der Waals surface area contributed by atoms with E-state index in [1.54, 1.807) is 0 Å². The van der Waals surface area contributed by atoms with Crippen LogP contribution in [0.25, 0.3) is 154 Å². The number of rotatable bonds is 5. The summed E-state index contributed by atoms with van der Waals surface area (Å²) < 4.78 is 4.83. The minimum Gasteiger partial charge on any atom is -0.309 e. The molecule has 0 fully saturated rings. The fourth-order valence-electron chi connectivity index (χ4n) is 12.5. The van der Waals surface area contributed by atoms with E-state index < -0.39 is 0 Å². The lowest BCUT2D eigenvalue weighted by molar-refractivity contribution is 1.18. The topological polar surface area (TPSA) is 35.6 Å². The van der Waals surface area contributed by atoms with Crippen molar-refractivity contribution in [3.63, 3.8) is 0 Å². The van der Waals surface area contributed by atoms with Gasteiger partial charge in [0.2, 0.25) is 0 Å². The zero-order chi connectivity index (χ0) is 48.4. The van der Waals surface area contributed by atoms with E-state index in [9.17, 15) is 0 Å². The zero-order valence-electron chi connectivity index (χ0n) is 40.0. The highest BCUT2D eigenvalue weighted by Gasteiger charge is 2.21. The maximum atomic E-state index is 5.54. The minimum absolute atomic E-state index is 0.940. The summed E-state index contributed by atoms with van der Waals surface area (Å²) in [4.78, 5) is 11.1. The van der Waals surface area contributed by atoms with Gasteiger partial charge in [0.05, 0.1) is 50.2 Å². The van der Waals surface area contributed by atoms with Crippen LogP contribution >= 0.6 is 0 Å². The monoisotopic (exact) mass is 938 g/mol. The Morgan fingerprint density at radius 1 is 0.243 bits per heavy atom. The van der Waals surface area contributed by atoms with Crippen LogP contribution in [0.3, 0.4) is 0 Å². The van der Waals surface area contributed by atoms with Gasteiger partial charge in [-0.2, -0.15) is 0 Å². The number of hydrogen-bond acceptors (Lipinski definition) is 2. The number of benzene rings is 12. The van der Waals surface area contributed by atoms with Crippen LogP contribution < -0.4 is 0 Å². The van der Waals surface area contributed by atoms with Crippen LogP contribution in [0.5, 0.6) is 0 Å². The molecule has 74 heavy (non-hydrogen) atoms. The average molecular weight is 939 g/mol. The van der Waals surface area contributed by atoms with Crippen LogP contribution in [-0.2, 0) is 0 Å². The molecule has 0 amide bonds. The Kier molecular flexibility index (Phi) is 8.71. The third-order valence-corrected chi connectivity index (χ3v) is 15.7. The Labute approximate surface area is 425 Å². The molecule has 0 saturated carbocycles. The summed E-state index contributed by atoms with van der Waals surface area (Å²) in [5.74, 6) is 0. The third-order valence-electron chi connectivity index (χ3n) is 15.7. The van der Waals surface area contributed by atoms with E-state index in [0.717, 1.165) is 83.1 Å². The first-order valence-electron chi connectivity index (χ1n) is 25.4. The molecule has 0 radical (unpaired) electrons. The molecule has 0 N–H and O–H groups in total. The predicted molar refractivity (Wildman–Crippen MR) is 312 cm³/mol. The van der Waals surface area contributed by atoms with Gasteiger partial charge in [0.15, 0.2) is 0 Å². The largest absolute Gasteiger partial charge is 0.309 e. The highest BCUT2D eigenvalue weighted by molar-refractivity contribution is 6.28. The van der Waals surface area contributed by atoms with Gasteiger partial charge < -0.3 is 9.13 Å². The van der Waals surface area contributed by atoms with Crippen molar-refractivity contribution in [2.75, 3.05) is 0 Å².